The van der Waals surface area contributed by atoms with E-state index in [1.165, 1.54) is 6.07 Å². The van der Waals surface area contributed by atoms with Gasteiger partial charge in [-0.2, -0.15) is 4.98 Å². The van der Waals surface area contributed by atoms with E-state index in [0.29, 0.717) is 4.47 Å². The van der Waals surface area contributed by atoms with Crippen molar-refractivity contribution in [3.05, 3.63) is 15.7 Å². The molecular formula is C7H7BrClNO3. The van der Waals surface area contributed by atoms with Crippen molar-refractivity contribution in [1.82, 2.24) is 4.98 Å². The van der Waals surface area contributed by atoms with E-state index < -0.39 is 0 Å². The first-order valence-corrected chi connectivity index (χ1v) is 4.61. The molecule has 0 bridgehead atoms. The molecule has 0 aliphatic rings. The van der Waals surface area contributed by atoms with Crippen LogP contribution in [0.15, 0.2) is 10.5 Å². The normalized spacial score (nSPS) is 10.1. The van der Waals surface area contributed by atoms with Crippen LogP contribution in [0.5, 0.6) is 11.6 Å². The Labute approximate surface area is 88.3 Å². The van der Waals surface area contributed by atoms with Crippen LogP contribution in [-0.2, 0) is 0 Å². The molecule has 0 aliphatic heterocycles. The summed E-state index contributed by atoms with van der Waals surface area (Å²) in [6, 6.07) is 1.45. The van der Waals surface area contributed by atoms with Gasteiger partial charge >= 0.3 is 0 Å². The number of hydrogen-bond donors (Lipinski definition) is 2. The number of rotatable bonds is 3. The van der Waals surface area contributed by atoms with Crippen LogP contribution < -0.4 is 4.74 Å². The molecule has 13 heavy (non-hydrogen) atoms. The summed E-state index contributed by atoms with van der Waals surface area (Å²) < 4.78 is 5.33. The predicted molar refractivity (Wildman–Crippen MR) is 51.2 cm³/mol. The number of halogens is 2. The Hall–Kier alpha value is -0.520. The molecule has 0 unspecified atom stereocenters. The number of nitrogens with zero attached hydrogens (tertiary/aromatic N) is 1. The molecule has 6 heteroatoms. The van der Waals surface area contributed by atoms with E-state index in [-0.39, 0.29) is 30.0 Å². The lowest BCUT2D eigenvalue weighted by Crippen LogP contribution is -2.03. The van der Waals surface area contributed by atoms with Crippen molar-refractivity contribution in [3.8, 4) is 11.6 Å². The molecule has 0 fully saturated rings. The van der Waals surface area contributed by atoms with E-state index >= 15 is 0 Å². The van der Waals surface area contributed by atoms with Gasteiger partial charge in [0.15, 0.2) is 5.75 Å². The molecule has 0 amide bonds. The van der Waals surface area contributed by atoms with Crippen molar-refractivity contribution >= 4 is 27.5 Å². The standard InChI is InChI=1S/C7H7BrClNO3/c8-4-3-5(9)10-7(6(4)12)13-2-1-11/h3,11-12H,1-2H2. The van der Waals surface area contributed by atoms with Crippen molar-refractivity contribution in [2.75, 3.05) is 13.2 Å². The van der Waals surface area contributed by atoms with Gasteiger partial charge in [0.2, 0.25) is 0 Å². The van der Waals surface area contributed by atoms with Gasteiger partial charge in [-0.25, -0.2) is 0 Å². The highest BCUT2D eigenvalue weighted by atomic mass is 79.9. The molecule has 1 rings (SSSR count). The van der Waals surface area contributed by atoms with Crippen LogP contribution in [0.3, 0.4) is 0 Å². The van der Waals surface area contributed by atoms with Gasteiger partial charge in [0.1, 0.15) is 11.8 Å². The van der Waals surface area contributed by atoms with Crippen LogP contribution in [0.4, 0.5) is 0 Å². The number of hydrogen-bond acceptors (Lipinski definition) is 4. The molecule has 0 saturated heterocycles. The van der Waals surface area contributed by atoms with E-state index in [1.807, 2.05) is 0 Å². The van der Waals surface area contributed by atoms with Crippen molar-refractivity contribution < 1.29 is 14.9 Å². The third-order valence-electron chi connectivity index (χ3n) is 1.21. The summed E-state index contributed by atoms with van der Waals surface area (Å²) >= 11 is 8.68. The summed E-state index contributed by atoms with van der Waals surface area (Å²) in [4.78, 5) is 3.72. The topological polar surface area (TPSA) is 62.6 Å². The summed E-state index contributed by atoms with van der Waals surface area (Å²) in [5.41, 5.74) is 0. The second kappa shape index (κ2) is 4.64. The fourth-order valence-electron chi connectivity index (χ4n) is 0.700. The third kappa shape index (κ3) is 2.72. The average Bonchev–Trinajstić information content (AvgIpc) is 2.09. The number of aliphatic hydroxyl groups is 1. The Morgan fingerprint density at radius 3 is 2.92 bits per heavy atom. The molecule has 1 heterocycles. The van der Waals surface area contributed by atoms with Crippen LogP contribution in [0, 0.1) is 0 Å². The minimum Gasteiger partial charge on any atom is -0.502 e. The van der Waals surface area contributed by atoms with Crippen molar-refractivity contribution in [3.63, 3.8) is 0 Å². The summed E-state index contributed by atoms with van der Waals surface area (Å²) in [5, 5.41) is 18.1. The van der Waals surface area contributed by atoms with Crippen molar-refractivity contribution in [2.24, 2.45) is 0 Å². The van der Waals surface area contributed by atoms with E-state index in [4.69, 9.17) is 21.4 Å². The Morgan fingerprint density at radius 2 is 2.31 bits per heavy atom. The Kier molecular flexibility index (Phi) is 3.77. The zero-order chi connectivity index (χ0) is 9.84. The first-order valence-electron chi connectivity index (χ1n) is 3.44. The van der Waals surface area contributed by atoms with Crippen LogP contribution in [0.25, 0.3) is 0 Å². The molecule has 2 N–H and O–H groups in total. The van der Waals surface area contributed by atoms with E-state index in [9.17, 15) is 5.11 Å². The molecule has 0 saturated carbocycles. The number of aromatic hydroxyl groups is 1. The smallest absolute Gasteiger partial charge is 0.259 e. The monoisotopic (exact) mass is 267 g/mol. The highest BCUT2D eigenvalue weighted by molar-refractivity contribution is 9.10. The second-order valence-corrected chi connectivity index (χ2v) is 3.39. The zero-order valence-corrected chi connectivity index (χ0v) is 8.84. The first kappa shape index (κ1) is 10.6. The highest BCUT2D eigenvalue weighted by Crippen LogP contribution is 2.34. The first-order chi connectivity index (χ1) is 6.15. The summed E-state index contributed by atoms with van der Waals surface area (Å²) in [5.74, 6) is -0.119. The molecule has 0 atom stereocenters. The molecule has 4 nitrogen and oxygen atoms in total. The van der Waals surface area contributed by atoms with Gasteiger partial charge in [-0.1, -0.05) is 11.6 Å². The maximum absolute atomic E-state index is 9.37. The SMILES string of the molecule is OCCOc1nc(Cl)cc(Br)c1O. The van der Waals surface area contributed by atoms with E-state index in [1.54, 1.807) is 0 Å². The predicted octanol–water partition coefficient (Wildman–Crippen LogP) is 1.57. The molecule has 1 aromatic heterocycles. The quantitative estimate of drug-likeness (QED) is 0.817. The second-order valence-electron chi connectivity index (χ2n) is 2.15. The molecule has 0 spiro atoms. The maximum Gasteiger partial charge on any atom is 0.259 e. The molecular weight excluding hydrogens is 261 g/mol. The Balaban J connectivity index is 2.92. The van der Waals surface area contributed by atoms with Gasteiger partial charge in [-0.15, -0.1) is 0 Å². The largest absolute Gasteiger partial charge is 0.502 e. The van der Waals surface area contributed by atoms with E-state index in [0.717, 1.165) is 0 Å². The van der Waals surface area contributed by atoms with E-state index in [2.05, 4.69) is 20.9 Å². The van der Waals surface area contributed by atoms with Crippen LogP contribution in [0.1, 0.15) is 0 Å². The molecule has 0 aromatic carbocycles. The van der Waals surface area contributed by atoms with Crippen molar-refractivity contribution in [2.45, 2.75) is 0 Å². The van der Waals surface area contributed by atoms with Crippen molar-refractivity contribution in [1.29, 1.82) is 0 Å². The lowest BCUT2D eigenvalue weighted by molar-refractivity contribution is 0.192. The van der Waals surface area contributed by atoms with Gasteiger partial charge < -0.3 is 14.9 Å². The Bertz CT molecular complexity index is 308. The lowest BCUT2D eigenvalue weighted by atomic mass is 10.4. The Morgan fingerprint density at radius 1 is 1.62 bits per heavy atom. The highest BCUT2D eigenvalue weighted by Gasteiger charge is 2.09. The number of aliphatic hydroxyl groups excluding tert-OH is 1. The van der Waals surface area contributed by atoms with Gasteiger partial charge in [0.05, 0.1) is 11.1 Å². The molecule has 72 valence electrons. The minimum atomic E-state index is -0.148. The van der Waals surface area contributed by atoms with Gasteiger partial charge in [0.25, 0.3) is 5.88 Å². The minimum absolute atomic E-state index is 0.00780. The van der Waals surface area contributed by atoms with Crippen LogP contribution >= 0.6 is 27.5 Å². The zero-order valence-electron chi connectivity index (χ0n) is 6.50. The van der Waals surface area contributed by atoms with Gasteiger partial charge in [0, 0.05) is 0 Å². The molecule has 0 aliphatic carbocycles. The number of pyridine rings is 1. The maximum atomic E-state index is 9.37. The summed E-state index contributed by atoms with van der Waals surface area (Å²) in [7, 11) is 0. The average molecular weight is 268 g/mol. The summed E-state index contributed by atoms with van der Waals surface area (Å²) in [6.07, 6.45) is 0. The molecule has 0 radical (unpaired) electrons. The van der Waals surface area contributed by atoms with Crippen LogP contribution in [-0.4, -0.2) is 28.4 Å². The fourth-order valence-corrected chi connectivity index (χ4v) is 1.40. The third-order valence-corrected chi connectivity index (χ3v) is 2.01. The van der Waals surface area contributed by atoms with Crippen LogP contribution in [0.2, 0.25) is 5.15 Å². The summed E-state index contributed by atoms with van der Waals surface area (Å²) in [6.45, 7) is -0.0847. The molecule has 1 aromatic rings. The fraction of sp³-hybridized carbons (Fsp3) is 0.286. The lowest BCUT2D eigenvalue weighted by Gasteiger charge is -2.06. The van der Waals surface area contributed by atoms with Gasteiger partial charge in [-0.3, -0.25) is 0 Å². The number of aromatic nitrogens is 1. The van der Waals surface area contributed by atoms with Gasteiger partial charge in [-0.05, 0) is 22.0 Å². The number of ether oxygens (including phenoxy) is 1.